The van der Waals surface area contributed by atoms with Gasteiger partial charge in [-0.15, -0.1) is 0 Å². The number of carbonyl (C=O) groups is 1. The van der Waals surface area contributed by atoms with Gasteiger partial charge in [-0.2, -0.15) is 8.78 Å². The van der Waals surface area contributed by atoms with E-state index in [0.29, 0.717) is 12.2 Å². The van der Waals surface area contributed by atoms with E-state index in [1.165, 1.54) is 6.07 Å². The number of amides is 1. The molecule has 0 saturated carbocycles. The molecule has 20 heavy (non-hydrogen) atoms. The van der Waals surface area contributed by atoms with Gasteiger partial charge in [0, 0.05) is 6.54 Å². The quantitative estimate of drug-likeness (QED) is 0.800. The summed E-state index contributed by atoms with van der Waals surface area (Å²) >= 11 is 0. The minimum Gasteiger partial charge on any atom is -0.490 e. The van der Waals surface area contributed by atoms with Crippen molar-refractivity contribution in [1.29, 1.82) is 0 Å². The lowest BCUT2D eigenvalue weighted by Crippen LogP contribution is -2.37. The van der Waals surface area contributed by atoms with Gasteiger partial charge in [0.05, 0.1) is 12.6 Å². The molecule has 0 aliphatic rings. The third-order valence-electron chi connectivity index (χ3n) is 2.40. The van der Waals surface area contributed by atoms with Crippen LogP contribution in [0.3, 0.4) is 0 Å². The molecular formula is C13H18F2N2O3. The third-order valence-corrected chi connectivity index (χ3v) is 2.40. The lowest BCUT2D eigenvalue weighted by atomic mass is 10.2. The molecule has 1 amide bonds. The van der Waals surface area contributed by atoms with E-state index in [0.717, 1.165) is 0 Å². The molecule has 3 N–H and O–H groups in total. The zero-order valence-corrected chi connectivity index (χ0v) is 11.4. The molecule has 5 nitrogen and oxygen atoms in total. The van der Waals surface area contributed by atoms with Crippen LogP contribution < -0.4 is 20.5 Å². The van der Waals surface area contributed by atoms with Crippen molar-refractivity contribution in [1.82, 2.24) is 5.32 Å². The van der Waals surface area contributed by atoms with Gasteiger partial charge in [-0.1, -0.05) is 6.07 Å². The van der Waals surface area contributed by atoms with Crippen molar-refractivity contribution in [3.63, 3.8) is 0 Å². The van der Waals surface area contributed by atoms with Crippen LogP contribution in [0.2, 0.25) is 0 Å². The van der Waals surface area contributed by atoms with Gasteiger partial charge in [-0.25, -0.2) is 0 Å². The Morgan fingerprint density at radius 3 is 2.65 bits per heavy atom. The molecule has 112 valence electrons. The molecule has 7 heteroatoms. The lowest BCUT2D eigenvalue weighted by molar-refractivity contribution is -0.122. The molecule has 1 rings (SSSR count). The first-order valence-corrected chi connectivity index (χ1v) is 6.17. The molecule has 0 heterocycles. The van der Waals surface area contributed by atoms with Gasteiger partial charge in [-0.05, 0) is 31.5 Å². The van der Waals surface area contributed by atoms with Gasteiger partial charge in [0.15, 0.2) is 11.5 Å². The number of carbonyl (C=O) groups excluding carboxylic acids is 1. The summed E-state index contributed by atoms with van der Waals surface area (Å²) in [6.45, 7) is 0.930. The molecular weight excluding hydrogens is 270 g/mol. The highest BCUT2D eigenvalue weighted by atomic mass is 19.3. The molecule has 0 saturated heterocycles. The van der Waals surface area contributed by atoms with E-state index in [1.807, 2.05) is 0 Å². The predicted molar refractivity (Wildman–Crippen MR) is 69.7 cm³/mol. The Labute approximate surface area is 116 Å². The largest absolute Gasteiger partial charge is 0.490 e. The average molecular weight is 288 g/mol. The molecule has 0 bridgehead atoms. The maximum Gasteiger partial charge on any atom is 0.387 e. The highest BCUT2D eigenvalue weighted by molar-refractivity contribution is 5.80. The number of hydrogen-bond acceptors (Lipinski definition) is 4. The standard InChI is InChI=1S/C13H18F2N2O3/c1-3-19-11-6-9(7-17-12(18)8(2)16)4-5-10(11)20-13(14)15/h4-6,8,13H,3,7,16H2,1-2H3,(H,17,18)/t8-/m1/s1. The number of nitrogens with one attached hydrogen (secondary N) is 1. The first kappa shape index (κ1) is 16.2. The Bertz CT molecular complexity index is 453. The fourth-order valence-electron chi connectivity index (χ4n) is 1.47. The Morgan fingerprint density at radius 1 is 1.40 bits per heavy atom. The summed E-state index contributed by atoms with van der Waals surface area (Å²) in [5, 5.41) is 2.62. The number of rotatable bonds is 7. The van der Waals surface area contributed by atoms with Crippen molar-refractivity contribution in [2.45, 2.75) is 33.0 Å². The molecule has 0 spiro atoms. The summed E-state index contributed by atoms with van der Waals surface area (Å²) in [5.41, 5.74) is 6.11. The molecule has 0 aliphatic carbocycles. The molecule has 0 fully saturated rings. The fraction of sp³-hybridized carbons (Fsp3) is 0.462. The van der Waals surface area contributed by atoms with E-state index in [4.69, 9.17) is 10.5 Å². The Kier molecular flexibility index (Phi) is 6.17. The summed E-state index contributed by atoms with van der Waals surface area (Å²) in [7, 11) is 0. The number of hydrogen-bond donors (Lipinski definition) is 2. The molecule has 0 aliphatic heterocycles. The number of benzene rings is 1. The van der Waals surface area contributed by atoms with Crippen molar-refractivity contribution >= 4 is 5.91 Å². The SMILES string of the molecule is CCOc1cc(CNC(=O)[C@@H](C)N)ccc1OC(F)F. The first-order chi connectivity index (χ1) is 9.43. The molecule has 1 atom stereocenters. The highest BCUT2D eigenvalue weighted by Gasteiger charge is 2.12. The Hall–Kier alpha value is -1.89. The highest BCUT2D eigenvalue weighted by Crippen LogP contribution is 2.29. The Morgan fingerprint density at radius 2 is 2.10 bits per heavy atom. The zero-order chi connectivity index (χ0) is 15.1. The topological polar surface area (TPSA) is 73.6 Å². The van der Waals surface area contributed by atoms with Crippen LogP contribution in [0.25, 0.3) is 0 Å². The van der Waals surface area contributed by atoms with E-state index in [-0.39, 0.29) is 24.0 Å². The summed E-state index contributed by atoms with van der Waals surface area (Å²) in [6, 6.07) is 3.89. The third kappa shape index (κ3) is 5.00. The van der Waals surface area contributed by atoms with E-state index in [9.17, 15) is 13.6 Å². The van der Waals surface area contributed by atoms with Crippen molar-refractivity contribution in [2.24, 2.45) is 5.73 Å². The van der Waals surface area contributed by atoms with Gasteiger partial charge >= 0.3 is 6.61 Å². The van der Waals surface area contributed by atoms with Crippen molar-refractivity contribution in [3.05, 3.63) is 23.8 Å². The van der Waals surface area contributed by atoms with E-state index in [2.05, 4.69) is 10.1 Å². The number of alkyl halides is 2. The lowest BCUT2D eigenvalue weighted by Gasteiger charge is -2.13. The van der Waals surface area contributed by atoms with E-state index >= 15 is 0 Å². The van der Waals surface area contributed by atoms with Crippen LogP contribution in [0, 0.1) is 0 Å². The molecule has 0 radical (unpaired) electrons. The van der Waals surface area contributed by atoms with Crippen LogP contribution in [0.5, 0.6) is 11.5 Å². The van der Waals surface area contributed by atoms with Crippen molar-refractivity contribution in [3.8, 4) is 11.5 Å². The van der Waals surface area contributed by atoms with Gasteiger partial charge < -0.3 is 20.5 Å². The first-order valence-electron chi connectivity index (χ1n) is 6.17. The molecule has 1 aromatic carbocycles. The maximum atomic E-state index is 12.2. The second-order valence-electron chi connectivity index (χ2n) is 4.10. The smallest absolute Gasteiger partial charge is 0.387 e. The molecule has 0 unspecified atom stereocenters. The van der Waals surface area contributed by atoms with Gasteiger partial charge in [-0.3, -0.25) is 4.79 Å². The number of ether oxygens (including phenoxy) is 2. The van der Waals surface area contributed by atoms with Crippen molar-refractivity contribution in [2.75, 3.05) is 6.61 Å². The second-order valence-corrected chi connectivity index (χ2v) is 4.10. The van der Waals surface area contributed by atoms with Gasteiger partial charge in [0.1, 0.15) is 0 Å². The molecule has 0 aromatic heterocycles. The predicted octanol–water partition coefficient (Wildman–Crippen LogP) is 1.65. The van der Waals surface area contributed by atoms with Crippen LogP contribution in [0.1, 0.15) is 19.4 Å². The minimum atomic E-state index is -2.92. The molecule has 1 aromatic rings. The summed E-state index contributed by atoms with van der Waals surface area (Å²) in [6.07, 6.45) is 0. The van der Waals surface area contributed by atoms with E-state index < -0.39 is 12.7 Å². The Balaban J connectivity index is 2.78. The second kappa shape index (κ2) is 7.64. The fourth-order valence-corrected chi connectivity index (χ4v) is 1.47. The zero-order valence-electron chi connectivity index (χ0n) is 11.4. The van der Waals surface area contributed by atoms with Crippen LogP contribution in [-0.4, -0.2) is 25.2 Å². The van der Waals surface area contributed by atoms with E-state index in [1.54, 1.807) is 26.0 Å². The van der Waals surface area contributed by atoms with Gasteiger partial charge in [0.25, 0.3) is 0 Å². The maximum absolute atomic E-state index is 12.2. The van der Waals surface area contributed by atoms with Crippen LogP contribution in [0.15, 0.2) is 18.2 Å². The monoisotopic (exact) mass is 288 g/mol. The van der Waals surface area contributed by atoms with Gasteiger partial charge in [0.2, 0.25) is 5.91 Å². The number of halogens is 2. The van der Waals surface area contributed by atoms with Crippen LogP contribution in [-0.2, 0) is 11.3 Å². The van der Waals surface area contributed by atoms with Crippen LogP contribution in [0.4, 0.5) is 8.78 Å². The average Bonchev–Trinajstić information content (AvgIpc) is 2.38. The summed E-state index contributed by atoms with van der Waals surface area (Å²) in [5.74, 6) is -0.125. The van der Waals surface area contributed by atoms with Crippen LogP contribution >= 0.6 is 0 Å². The van der Waals surface area contributed by atoms with Crippen molar-refractivity contribution < 1.29 is 23.0 Å². The summed E-state index contributed by atoms with van der Waals surface area (Å²) < 4.78 is 34.1. The number of nitrogens with two attached hydrogens (primary N) is 1. The minimum absolute atomic E-state index is 0.0379. The normalized spacial score (nSPS) is 12.1. The summed E-state index contributed by atoms with van der Waals surface area (Å²) in [4.78, 5) is 11.3.